The Morgan fingerprint density at radius 3 is 2.28 bits per heavy atom. The minimum absolute atomic E-state index is 0.331. The molecule has 0 aliphatic rings. The molecule has 94 valence electrons. The van der Waals surface area contributed by atoms with E-state index in [1.807, 2.05) is 36.4 Å². The molecule has 2 rings (SSSR count). The Morgan fingerprint density at radius 1 is 1.00 bits per heavy atom. The molecule has 0 saturated heterocycles. The fourth-order valence-electron chi connectivity index (χ4n) is 1.85. The third kappa shape index (κ3) is 2.78. The first kappa shape index (κ1) is 12.8. The normalized spacial score (nSPS) is 10.8. The zero-order chi connectivity index (χ0) is 13.0. The first-order valence-electron chi connectivity index (χ1n) is 5.54. The van der Waals surface area contributed by atoms with Crippen LogP contribution in [0, 0.1) is 0 Å². The maximum atomic E-state index is 10.8. The van der Waals surface area contributed by atoms with Crippen LogP contribution < -0.4 is 0 Å². The van der Waals surface area contributed by atoms with Gasteiger partial charge < -0.3 is 4.74 Å². The molecule has 0 atom stereocenters. The van der Waals surface area contributed by atoms with Gasteiger partial charge in [0.15, 0.2) is 10.7 Å². The quantitative estimate of drug-likeness (QED) is 0.861. The first-order valence-corrected chi connectivity index (χ1v) is 6.72. The molecule has 0 spiro atoms. The number of thiol groups is 1. The van der Waals surface area contributed by atoms with Crippen molar-refractivity contribution in [2.45, 2.75) is 11.5 Å². The summed E-state index contributed by atoms with van der Waals surface area (Å²) in [5, 5.41) is 0. The van der Waals surface area contributed by atoms with Crippen molar-refractivity contribution in [3.8, 4) is 11.1 Å². The second-order valence-electron chi connectivity index (χ2n) is 3.89. The van der Waals surface area contributed by atoms with Gasteiger partial charge >= 0.3 is 0 Å². The van der Waals surface area contributed by atoms with Crippen LogP contribution in [0.2, 0.25) is 0 Å². The Balaban J connectivity index is 2.42. The van der Waals surface area contributed by atoms with Gasteiger partial charge in [-0.05, 0) is 28.8 Å². The SMILES string of the molecule is COCc1ccccc1-c1ccc([SH](=O)=O)cc1. The van der Waals surface area contributed by atoms with Crippen molar-refractivity contribution in [3.63, 3.8) is 0 Å². The van der Waals surface area contributed by atoms with Gasteiger partial charge in [-0.15, -0.1) is 0 Å². The molecule has 0 aliphatic heterocycles. The molecule has 0 bridgehead atoms. The van der Waals surface area contributed by atoms with Crippen molar-refractivity contribution in [3.05, 3.63) is 54.1 Å². The number of rotatable bonds is 4. The van der Waals surface area contributed by atoms with Gasteiger partial charge in [0, 0.05) is 7.11 Å². The lowest BCUT2D eigenvalue weighted by atomic mass is 10.0. The van der Waals surface area contributed by atoms with Gasteiger partial charge in [0.25, 0.3) is 0 Å². The topological polar surface area (TPSA) is 43.4 Å². The lowest BCUT2D eigenvalue weighted by Gasteiger charge is -2.08. The van der Waals surface area contributed by atoms with E-state index in [0.717, 1.165) is 16.7 Å². The van der Waals surface area contributed by atoms with Crippen LogP contribution in [0.15, 0.2) is 53.4 Å². The van der Waals surface area contributed by atoms with Gasteiger partial charge in [-0.3, -0.25) is 0 Å². The van der Waals surface area contributed by atoms with Crippen LogP contribution in [0.3, 0.4) is 0 Å². The van der Waals surface area contributed by atoms with Crippen LogP contribution in [0.5, 0.6) is 0 Å². The molecule has 0 heterocycles. The molecule has 0 fully saturated rings. The van der Waals surface area contributed by atoms with Gasteiger partial charge in [0.05, 0.1) is 11.5 Å². The summed E-state index contributed by atoms with van der Waals surface area (Å²) in [6.07, 6.45) is 0. The fourth-order valence-corrected chi connectivity index (χ4v) is 2.24. The molecule has 0 saturated carbocycles. The number of hydrogen-bond donors (Lipinski definition) is 1. The third-order valence-corrected chi connectivity index (χ3v) is 3.43. The maximum absolute atomic E-state index is 10.8. The van der Waals surface area contributed by atoms with Crippen molar-refractivity contribution >= 4 is 10.7 Å². The Hall–Kier alpha value is -1.65. The zero-order valence-electron chi connectivity index (χ0n) is 10.00. The molecular formula is C14H14O3S. The molecule has 4 heteroatoms. The first-order chi connectivity index (χ1) is 8.72. The highest BCUT2D eigenvalue weighted by Gasteiger charge is 2.04. The Bertz CT molecular complexity index is 593. The molecule has 0 radical (unpaired) electrons. The zero-order valence-corrected chi connectivity index (χ0v) is 10.9. The molecule has 0 aliphatic carbocycles. The lowest BCUT2D eigenvalue weighted by molar-refractivity contribution is 0.185. The van der Waals surface area contributed by atoms with E-state index in [9.17, 15) is 8.42 Å². The Morgan fingerprint density at radius 2 is 1.67 bits per heavy atom. The van der Waals surface area contributed by atoms with Crippen LogP contribution in [0.4, 0.5) is 0 Å². The summed E-state index contributed by atoms with van der Waals surface area (Å²) in [4.78, 5) is 0.331. The summed E-state index contributed by atoms with van der Waals surface area (Å²) < 4.78 is 26.8. The van der Waals surface area contributed by atoms with Crippen molar-refractivity contribution < 1.29 is 13.2 Å². The van der Waals surface area contributed by atoms with E-state index in [2.05, 4.69) is 0 Å². The summed E-state index contributed by atoms with van der Waals surface area (Å²) >= 11 is 0. The van der Waals surface area contributed by atoms with E-state index in [1.165, 1.54) is 0 Å². The molecule has 3 nitrogen and oxygen atoms in total. The van der Waals surface area contributed by atoms with Gasteiger partial charge in [-0.25, -0.2) is 8.42 Å². The minimum Gasteiger partial charge on any atom is -0.380 e. The molecule has 2 aromatic rings. The van der Waals surface area contributed by atoms with Gasteiger partial charge in [0.1, 0.15) is 0 Å². The van der Waals surface area contributed by atoms with Crippen molar-refractivity contribution in [1.29, 1.82) is 0 Å². The third-order valence-electron chi connectivity index (χ3n) is 2.71. The summed E-state index contributed by atoms with van der Waals surface area (Å²) in [6.45, 7) is 0.535. The second kappa shape index (κ2) is 5.80. The van der Waals surface area contributed by atoms with Crippen LogP contribution in [-0.4, -0.2) is 15.5 Å². The van der Waals surface area contributed by atoms with Crippen LogP contribution in [-0.2, 0) is 22.0 Å². The lowest BCUT2D eigenvalue weighted by Crippen LogP contribution is -1.91. The van der Waals surface area contributed by atoms with E-state index < -0.39 is 10.7 Å². The van der Waals surface area contributed by atoms with E-state index in [0.29, 0.717) is 11.5 Å². The highest BCUT2D eigenvalue weighted by Crippen LogP contribution is 2.24. The summed E-state index contributed by atoms with van der Waals surface area (Å²) in [5.74, 6) is 0. The molecule has 0 amide bonds. The van der Waals surface area contributed by atoms with Crippen LogP contribution >= 0.6 is 0 Å². The molecule has 0 unspecified atom stereocenters. The maximum Gasteiger partial charge on any atom is 0.168 e. The average molecular weight is 262 g/mol. The van der Waals surface area contributed by atoms with Crippen LogP contribution in [0.1, 0.15) is 5.56 Å². The number of benzene rings is 2. The average Bonchev–Trinajstić information content (AvgIpc) is 2.40. The summed E-state index contributed by atoms with van der Waals surface area (Å²) in [7, 11) is -0.861. The van der Waals surface area contributed by atoms with E-state index in [-0.39, 0.29) is 0 Å². The monoisotopic (exact) mass is 262 g/mol. The van der Waals surface area contributed by atoms with Crippen molar-refractivity contribution in [2.75, 3.05) is 7.11 Å². The predicted octanol–water partition coefficient (Wildman–Crippen LogP) is 2.47. The second-order valence-corrected chi connectivity index (χ2v) is 4.92. The van der Waals surface area contributed by atoms with Gasteiger partial charge in [-0.2, -0.15) is 0 Å². The van der Waals surface area contributed by atoms with Crippen molar-refractivity contribution in [2.24, 2.45) is 0 Å². The number of hydrogen-bond acceptors (Lipinski definition) is 3. The van der Waals surface area contributed by atoms with Gasteiger partial charge in [-0.1, -0.05) is 36.4 Å². The molecule has 0 N–H and O–H groups in total. The van der Waals surface area contributed by atoms with Crippen molar-refractivity contribution in [1.82, 2.24) is 0 Å². The smallest absolute Gasteiger partial charge is 0.168 e. The summed E-state index contributed by atoms with van der Waals surface area (Å²) in [5.41, 5.74) is 3.13. The highest BCUT2D eigenvalue weighted by molar-refractivity contribution is 7.72. The minimum atomic E-state index is -2.52. The van der Waals surface area contributed by atoms with Gasteiger partial charge in [0.2, 0.25) is 0 Å². The fraction of sp³-hybridized carbons (Fsp3) is 0.143. The number of methoxy groups -OCH3 is 1. The van der Waals surface area contributed by atoms with E-state index in [4.69, 9.17) is 4.74 Å². The molecule has 18 heavy (non-hydrogen) atoms. The van der Waals surface area contributed by atoms with E-state index >= 15 is 0 Å². The van der Waals surface area contributed by atoms with E-state index in [1.54, 1.807) is 19.2 Å². The standard InChI is InChI=1S/C14H14O3S/c1-17-10-12-4-2-3-5-14(12)11-6-8-13(9-7-11)18(15)16/h2-9,18H,10H2,1H3. The highest BCUT2D eigenvalue weighted by atomic mass is 32.2. The molecule has 0 aromatic heterocycles. The van der Waals surface area contributed by atoms with Crippen LogP contribution in [0.25, 0.3) is 11.1 Å². The molecule has 2 aromatic carbocycles. The predicted molar refractivity (Wildman–Crippen MR) is 71.2 cm³/mol. The molecular weight excluding hydrogens is 248 g/mol. The Kier molecular flexibility index (Phi) is 4.12. The summed E-state index contributed by atoms with van der Waals surface area (Å²) in [6, 6.07) is 14.8. The Labute approximate surface area is 108 Å². The number of ether oxygens (including phenoxy) is 1. The largest absolute Gasteiger partial charge is 0.380 e.